The van der Waals surface area contributed by atoms with Crippen LogP contribution in [0.4, 0.5) is 0 Å². The van der Waals surface area contributed by atoms with Gasteiger partial charge in [0.2, 0.25) is 5.91 Å². The highest BCUT2D eigenvalue weighted by Gasteiger charge is 2.50. The number of hydrogen-bond acceptors (Lipinski definition) is 5. The van der Waals surface area contributed by atoms with Crippen molar-refractivity contribution in [3.8, 4) is 0 Å². The molecule has 1 N–H and O–H groups in total. The monoisotopic (exact) mass is 401 g/mol. The van der Waals surface area contributed by atoms with Gasteiger partial charge in [0.1, 0.15) is 12.1 Å². The summed E-state index contributed by atoms with van der Waals surface area (Å²) in [5, 5.41) is 0. The molecule has 0 spiro atoms. The Labute approximate surface area is 169 Å². The van der Waals surface area contributed by atoms with E-state index in [0.29, 0.717) is 19.4 Å². The fourth-order valence-electron chi connectivity index (χ4n) is 5.19. The van der Waals surface area contributed by atoms with Gasteiger partial charge in [-0.05, 0) is 50.2 Å². The van der Waals surface area contributed by atoms with Crippen LogP contribution in [0.1, 0.15) is 54.2 Å². The first-order valence-electron chi connectivity index (χ1n) is 10.4. The molecule has 0 bridgehead atoms. The highest BCUT2D eigenvalue weighted by atomic mass is 16.5. The molecule has 0 radical (unpaired) electrons. The third-order valence-electron chi connectivity index (χ3n) is 6.56. The predicted molar refractivity (Wildman–Crippen MR) is 104 cm³/mol. The number of esters is 1. The molecule has 2 saturated heterocycles. The molecule has 1 aromatic rings. The van der Waals surface area contributed by atoms with Crippen molar-refractivity contribution < 1.29 is 19.1 Å². The molecule has 156 valence electrons. The zero-order valence-corrected chi connectivity index (χ0v) is 16.9. The quantitative estimate of drug-likeness (QED) is 0.758. The number of aryl methyl sites for hydroxylation is 2. The number of ether oxygens (including phenoxy) is 1. The van der Waals surface area contributed by atoms with E-state index in [-0.39, 0.29) is 42.0 Å². The van der Waals surface area contributed by atoms with E-state index in [1.54, 1.807) is 11.0 Å². The first-order chi connectivity index (χ1) is 13.9. The van der Waals surface area contributed by atoms with Crippen LogP contribution in [0.3, 0.4) is 0 Å². The molecule has 1 aromatic heterocycles. The normalized spacial score (nSPS) is 26.1. The second-order valence-electron chi connectivity index (χ2n) is 8.20. The molecule has 29 heavy (non-hydrogen) atoms. The second kappa shape index (κ2) is 7.65. The second-order valence-corrected chi connectivity index (χ2v) is 8.20. The van der Waals surface area contributed by atoms with Crippen LogP contribution in [0.2, 0.25) is 0 Å². The van der Waals surface area contributed by atoms with Crippen LogP contribution in [0.25, 0.3) is 0 Å². The van der Waals surface area contributed by atoms with E-state index in [2.05, 4.69) is 4.98 Å². The molecule has 2 aliphatic heterocycles. The number of rotatable bonds is 3. The summed E-state index contributed by atoms with van der Waals surface area (Å²) in [6, 6.07) is 1.27. The highest BCUT2D eigenvalue weighted by Crippen LogP contribution is 2.35. The Morgan fingerprint density at radius 3 is 2.72 bits per heavy atom. The lowest BCUT2D eigenvalue weighted by Crippen LogP contribution is -2.58. The summed E-state index contributed by atoms with van der Waals surface area (Å²) in [6.07, 6.45) is 4.88. The number of hydrogen-bond donors (Lipinski definition) is 1. The molecule has 4 rings (SSSR count). The number of H-pyrrole nitrogens is 1. The fraction of sp³-hybridized carbons (Fsp3) is 0.619. The zero-order chi connectivity index (χ0) is 20.7. The van der Waals surface area contributed by atoms with Crippen molar-refractivity contribution in [3.63, 3.8) is 0 Å². The van der Waals surface area contributed by atoms with Crippen molar-refractivity contribution in [2.75, 3.05) is 20.2 Å². The summed E-state index contributed by atoms with van der Waals surface area (Å²) in [6.45, 7) is 2.20. The third-order valence-corrected chi connectivity index (χ3v) is 6.56. The van der Waals surface area contributed by atoms with Crippen LogP contribution < -0.4 is 5.56 Å². The van der Waals surface area contributed by atoms with E-state index >= 15 is 0 Å². The van der Waals surface area contributed by atoms with Crippen LogP contribution in [0.15, 0.2) is 10.9 Å². The minimum absolute atomic E-state index is 0.0732. The molecule has 0 saturated carbocycles. The topological polar surface area (TPSA) is 99.8 Å². The molecule has 2 fully saturated rings. The number of carbonyl (C=O) groups is 3. The summed E-state index contributed by atoms with van der Waals surface area (Å²) < 4.78 is 4.92. The molecule has 8 nitrogen and oxygen atoms in total. The van der Waals surface area contributed by atoms with Crippen molar-refractivity contribution in [1.82, 2.24) is 14.8 Å². The zero-order valence-electron chi connectivity index (χ0n) is 16.9. The van der Waals surface area contributed by atoms with E-state index < -0.39 is 11.5 Å². The number of fused-ring (bicyclic) bond motifs is 2. The molecule has 0 unspecified atom stereocenters. The average Bonchev–Trinajstić information content (AvgIpc) is 3.11. The Morgan fingerprint density at radius 1 is 1.24 bits per heavy atom. The summed E-state index contributed by atoms with van der Waals surface area (Å²) in [5.74, 6) is -1.28. The van der Waals surface area contributed by atoms with Crippen molar-refractivity contribution in [2.45, 2.75) is 57.5 Å². The van der Waals surface area contributed by atoms with Crippen molar-refractivity contribution >= 4 is 17.8 Å². The standard InChI is InChI=1S/C21H27N3O5/c1-3-17-14(21(28)29-2)9-13-10-23(11-18(25)24(13)17)20(27)15-8-12-6-4-5-7-16(12)22-19(15)26/h8,13-14,17H,3-7,9-11H2,1-2H3,(H,22,26)/t13-,14-,17-/m0/s1. The molecule has 3 aliphatic rings. The van der Waals surface area contributed by atoms with Gasteiger partial charge in [0.15, 0.2) is 0 Å². The number of aromatic nitrogens is 1. The van der Waals surface area contributed by atoms with Crippen LogP contribution >= 0.6 is 0 Å². The van der Waals surface area contributed by atoms with Crippen LogP contribution in [-0.4, -0.2) is 64.9 Å². The van der Waals surface area contributed by atoms with E-state index in [9.17, 15) is 19.2 Å². The molecule has 1 aliphatic carbocycles. The number of amides is 2. The Kier molecular flexibility index (Phi) is 5.19. The molecular weight excluding hydrogens is 374 g/mol. The van der Waals surface area contributed by atoms with Gasteiger partial charge in [-0.2, -0.15) is 0 Å². The lowest BCUT2D eigenvalue weighted by molar-refractivity contribution is -0.147. The Balaban J connectivity index is 1.58. The predicted octanol–water partition coefficient (Wildman–Crippen LogP) is 0.878. The smallest absolute Gasteiger partial charge is 0.310 e. The summed E-state index contributed by atoms with van der Waals surface area (Å²) in [4.78, 5) is 56.7. The Hall–Kier alpha value is -2.64. The van der Waals surface area contributed by atoms with Crippen molar-refractivity contribution in [3.05, 3.63) is 33.2 Å². The lowest BCUT2D eigenvalue weighted by atomic mass is 9.94. The third kappa shape index (κ3) is 3.34. The van der Waals surface area contributed by atoms with Gasteiger partial charge in [0, 0.05) is 18.3 Å². The van der Waals surface area contributed by atoms with Gasteiger partial charge in [-0.3, -0.25) is 19.2 Å². The number of nitrogens with one attached hydrogen (secondary N) is 1. The summed E-state index contributed by atoms with van der Waals surface area (Å²) in [7, 11) is 1.35. The molecule has 0 aromatic carbocycles. The molecule has 3 atom stereocenters. The number of piperazine rings is 1. The van der Waals surface area contributed by atoms with E-state index in [0.717, 1.165) is 36.9 Å². The number of nitrogens with zero attached hydrogens (tertiary/aromatic N) is 2. The van der Waals surface area contributed by atoms with E-state index in [1.807, 2.05) is 6.92 Å². The molecular formula is C21H27N3O5. The van der Waals surface area contributed by atoms with Gasteiger partial charge >= 0.3 is 5.97 Å². The minimum atomic E-state index is -0.415. The number of methoxy groups -OCH3 is 1. The maximum atomic E-state index is 13.1. The average molecular weight is 401 g/mol. The highest BCUT2D eigenvalue weighted by molar-refractivity contribution is 5.97. The van der Waals surface area contributed by atoms with Gasteiger partial charge in [0.05, 0.1) is 19.1 Å². The van der Waals surface area contributed by atoms with Crippen LogP contribution in [0, 0.1) is 5.92 Å². The Morgan fingerprint density at radius 2 is 2.00 bits per heavy atom. The van der Waals surface area contributed by atoms with Gasteiger partial charge in [0.25, 0.3) is 11.5 Å². The summed E-state index contributed by atoms with van der Waals surface area (Å²) >= 11 is 0. The van der Waals surface area contributed by atoms with Crippen LogP contribution in [-0.2, 0) is 27.2 Å². The minimum Gasteiger partial charge on any atom is -0.469 e. The SMILES string of the molecule is CC[C@H]1[C@@H](C(=O)OC)C[C@H]2CN(C(=O)c3cc4c([nH]c3=O)CCCC4)CC(=O)N21. The lowest BCUT2D eigenvalue weighted by Gasteiger charge is -2.39. The van der Waals surface area contributed by atoms with E-state index in [1.165, 1.54) is 12.0 Å². The van der Waals surface area contributed by atoms with Crippen molar-refractivity contribution in [2.24, 2.45) is 5.92 Å². The molecule has 8 heteroatoms. The van der Waals surface area contributed by atoms with Gasteiger partial charge in [-0.25, -0.2) is 0 Å². The maximum absolute atomic E-state index is 13.1. The van der Waals surface area contributed by atoms with Gasteiger partial charge < -0.3 is 19.5 Å². The first-order valence-corrected chi connectivity index (χ1v) is 10.4. The van der Waals surface area contributed by atoms with Gasteiger partial charge in [-0.15, -0.1) is 0 Å². The fourth-order valence-corrected chi connectivity index (χ4v) is 5.19. The Bertz CT molecular complexity index is 908. The molecule has 2 amide bonds. The van der Waals surface area contributed by atoms with Crippen molar-refractivity contribution in [1.29, 1.82) is 0 Å². The summed E-state index contributed by atoms with van der Waals surface area (Å²) in [5.41, 5.74) is 1.64. The number of pyridine rings is 1. The van der Waals surface area contributed by atoms with Crippen LogP contribution in [0.5, 0.6) is 0 Å². The number of carbonyl (C=O) groups excluding carboxylic acids is 3. The maximum Gasteiger partial charge on any atom is 0.310 e. The molecule has 3 heterocycles. The van der Waals surface area contributed by atoms with E-state index in [4.69, 9.17) is 4.74 Å². The number of aromatic amines is 1. The largest absolute Gasteiger partial charge is 0.469 e. The van der Waals surface area contributed by atoms with Gasteiger partial charge in [-0.1, -0.05) is 6.92 Å². The first kappa shape index (κ1) is 19.7.